The van der Waals surface area contributed by atoms with Gasteiger partial charge in [0.15, 0.2) is 5.96 Å². The first-order valence-electron chi connectivity index (χ1n) is 9.72. The molecule has 0 amide bonds. The van der Waals surface area contributed by atoms with Gasteiger partial charge in [-0.05, 0) is 6.42 Å². The third kappa shape index (κ3) is 2.97. The Balaban J connectivity index is 1.35. The van der Waals surface area contributed by atoms with Gasteiger partial charge in [-0.3, -0.25) is 4.99 Å². The van der Waals surface area contributed by atoms with Crippen molar-refractivity contribution >= 4 is 22.6 Å². The van der Waals surface area contributed by atoms with E-state index in [0.29, 0.717) is 18.1 Å². The van der Waals surface area contributed by atoms with Gasteiger partial charge in [0.1, 0.15) is 5.82 Å². The summed E-state index contributed by atoms with van der Waals surface area (Å²) in [7, 11) is 1.89. The summed E-state index contributed by atoms with van der Waals surface area (Å²) < 4.78 is 10.3. The molecule has 0 spiro atoms. The highest BCUT2D eigenvalue weighted by Crippen LogP contribution is 2.52. The average Bonchev–Trinajstić information content (AvgIpc) is 3.31. The van der Waals surface area contributed by atoms with Gasteiger partial charge in [-0.15, -0.1) is 0 Å². The molecule has 26 heavy (non-hydrogen) atoms. The highest BCUT2D eigenvalue weighted by Gasteiger charge is 2.59. The van der Waals surface area contributed by atoms with Gasteiger partial charge in [0.05, 0.1) is 6.10 Å². The van der Waals surface area contributed by atoms with E-state index in [1.165, 1.54) is 11.5 Å². The van der Waals surface area contributed by atoms with E-state index in [1.54, 1.807) is 0 Å². The van der Waals surface area contributed by atoms with E-state index in [9.17, 15) is 0 Å². The number of ether oxygens (including phenoxy) is 1. The summed E-state index contributed by atoms with van der Waals surface area (Å²) in [6.45, 7) is 11.4. The molecule has 8 heteroatoms. The number of guanidine groups is 1. The predicted molar refractivity (Wildman–Crippen MR) is 105 cm³/mol. The summed E-state index contributed by atoms with van der Waals surface area (Å²) in [5, 5.41) is 4.81. The van der Waals surface area contributed by atoms with Crippen molar-refractivity contribution < 1.29 is 4.74 Å². The zero-order valence-corrected chi connectivity index (χ0v) is 17.1. The molecule has 1 aromatic rings. The maximum Gasteiger partial charge on any atom is 0.205 e. The van der Waals surface area contributed by atoms with Crippen LogP contribution in [0.3, 0.4) is 0 Å². The molecule has 4 rings (SSSR count). The predicted octanol–water partition coefficient (Wildman–Crippen LogP) is 1.61. The number of nitrogens with one attached hydrogen (secondary N) is 1. The Morgan fingerprint density at radius 1 is 1.35 bits per heavy atom. The number of aryl methyl sites for hydroxylation is 1. The van der Waals surface area contributed by atoms with Crippen molar-refractivity contribution in [3.8, 4) is 0 Å². The summed E-state index contributed by atoms with van der Waals surface area (Å²) in [6.07, 6.45) is 2.46. The van der Waals surface area contributed by atoms with E-state index >= 15 is 0 Å². The molecule has 3 heterocycles. The van der Waals surface area contributed by atoms with E-state index in [1.807, 2.05) is 7.05 Å². The number of piperazine rings is 1. The van der Waals surface area contributed by atoms with E-state index in [0.717, 1.165) is 62.5 Å². The van der Waals surface area contributed by atoms with Crippen LogP contribution in [0.15, 0.2) is 4.99 Å². The first-order valence-corrected chi connectivity index (χ1v) is 10.5. The van der Waals surface area contributed by atoms with Gasteiger partial charge in [0.2, 0.25) is 5.13 Å². The summed E-state index contributed by atoms with van der Waals surface area (Å²) in [4.78, 5) is 13.9. The first-order chi connectivity index (χ1) is 12.5. The van der Waals surface area contributed by atoms with E-state index in [-0.39, 0.29) is 5.41 Å². The topological polar surface area (TPSA) is 65.9 Å². The van der Waals surface area contributed by atoms with Gasteiger partial charge in [0.25, 0.3) is 0 Å². The number of anilines is 1. The summed E-state index contributed by atoms with van der Waals surface area (Å²) in [5.74, 6) is 2.60. The molecule has 3 unspecified atom stereocenters. The zero-order chi connectivity index (χ0) is 18.3. The standard InChI is InChI=1S/C18H30N6OS/c1-5-13-20-17(26-22-13)24-9-7-23(8-10-24)16(19-4)21-14-12-6-11-25-15(12)18(14,2)3/h12,14-15H,5-11H2,1-4H3,(H,19,21). The average molecular weight is 379 g/mol. The van der Waals surface area contributed by atoms with E-state index < -0.39 is 0 Å². The number of hydrogen-bond donors (Lipinski definition) is 1. The Morgan fingerprint density at radius 3 is 2.77 bits per heavy atom. The van der Waals surface area contributed by atoms with Crippen molar-refractivity contribution in [1.82, 2.24) is 19.6 Å². The van der Waals surface area contributed by atoms with Gasteiger partial charge in [-0.1, -0.05) is 20.8 Å². The number of fused-ring (bicyclic) bond motifs is 1. The van der Waals surface area contributed by atoms with Crippen LogP contribution in [0.2, 0.25) is 0 Å². The molecule has 7 nitrogen and oxygen atoms in total. The van der Waals surface area contributed by atoms with Crippen LogP contribution in [0.1, 0.15) is 33.0 Å². The van der Waals surface area contributed by atoms with Crippen LogP contribution in [0.25, 0.3) is 0 Å². The van der Waals surface area contributed by atoms with Gasteiger partial charge in [-0.25, -0.2) is 4.98 Å². The molecular formula is C18H30N6OS. The molecule has 0 radical (unpaired) electrons. The quantitative estimate of drug-likeness (QED) is 0.637. The minimum absolute atomic E-state index is 0.169. The van der Waals surface area contributed by atoms with Gasteiger partial charge in [-0.2, -0.15) is 4.37 Å². The minimum Gasteiger partial charge on any atom is -0.377 e. The molecule has 3 atom stereocenters. The van der Waals surface area contributed by atoms with Crippen LogP contribution in [0.5, 0.6) is 0 Å². The van der Waals surface area contributed by atoms with Crippen LogP contribution in [-0.4, -0.2) is 72.2 Å². The highest BCUT2D eigenvalue weighted by molar-refractivity contribution is 7.09. The minimum atomic E-state index is 0.169. The zero-order valence-electron chi connectivity index (χ0n) is 16.2. The van der Waals surface area contributed by atoms with Crippen LogP contribution in [-0.2, 0) is 11.2 Å². The van der Waals surface area contributed by atoms with E-state index in [4.69, 9.17) is 4.74 Å². The molecule has 3 aliphatic rings. The maximum absolute atomic E-state index is 5.92. The Morgan fingerprint density at radius 2 is 2.12 bits per heavy atom. The highest BCUT2D eigenvalue weighted by atomic mass is 32.1. The van der Waals surface area contributed by atoms with Crippen molar-refractivity contribution in [1.29, 1.82) is 0 Å². The lowest BCUT2D eigenvalue weighted by Crippen LogP contribution is -2.68. The van der Waals surface area contributed by atoms with Gasteiger partial charge < -0.3 is 19.9 Å². The lowest BCUT2D eigenvalue weighted by Gasteiger charge is -2.55. The first kappa shape index (κ1) is 18.0. The molecule has 0 bridgehead atoms. The summed E-state index contributed by atoms with van der Waals surface area (Å²) in [6, 6.07) is 0.446. The van der Waals surface area contributed by atoms with Crippen LogP contribution < -0.4 is 10.2 Å². The Hall–Kier alpha value is -1.41. The second-order valence-electron chi connectivity index (χ2n) is 8.06. The molecule has 1 aliphatic carbocycles. The molecule has 144 valence electrons. The van der Waals surface area contributed by atoms with Crippen molar-refractivity contribution in [3.05, 3.63) is 5.82 Å². The Kier molecular flexibility index (Phi) is 4.81. The van der Waals surface area contributed by atoms with Crippen molar-refractivity contribution in [2.75, 3.05) is 44.7 Å². The van der Waals surface area contributed by atoms with E-state index in [2.05, 4.69) is 50.2 Å². The molecule has 1 aromatic heterocycles. The third-order valence-corrected chi connectivity index (χ3v) is 7.04. The normalized spacial score (nSPS) is 30.9. The van der Waals surface area contributed by atoms with Crippen molar-refractivity contribution in [3.63, 3.8) is 0 Å². The Bertz CT molecular complexity index is 666. The van der Waals surface area contributed by atoms with Crippen LogP contribution in [0.4, 0.5) is 5.13 Å². The smallest absolute Gasteiger partial charge is 0.205 e. The van der Waals surface area contributed by atoms with Crippen LogP contribution >= 0.6 is 11.5 Å². The second-order valence-corrected chi connectivity index (χ2v) is 8.79. The molecular weight excluding hydrogens is 348 g/mol. The van der Waals surface area contributed by atoms with Crippen molar-refractivity contribution in [2.45, 2.75) is 45.8 Å². The SMILES string of the molecule is CCc1nsc(N2CCN(C(=NC)NC3C4CCOC4C3(C)C)CC2)n1. The molecule has 1 saturated carbocycles. The Labute approximate surface area is 160 Å². The number of aromatic nitrogens is 2. The lowest BCUT2D eigenvalue weighted by molar-refractivity contribution is -0.107. The molecule has 3 fully saturated rings. The fraction of sp³-hybridized carbons (Fsp3) is 0.833. The molecule has 0 aromatic carbocycles. The largest absolute Gasteiger partial charge is 0.377 e. The lowest BCUT2D eigenvalue weighted by atomic mass is 9.57. The fourth-order valence-electron chi connectivity index (χ4n) is 4.68. The van der Waals surface area contributed by atoms with Gasteiger partial charge >= 0.3 is 0 Å². The second kappa shape index (κ2) is 6.96. The number of aliphatic imine (C=N–C) groups is 1. The number of nitrogens with zero attached hydrogens (tertiary/aromatic N) is 5. The third-order valence-electron chi connectivity index (χ3n) is 6.22. The number of rotatable bonds is 3. The fourth-order valence-corrected chi connectivity index (χ4v) is 5.48. The number of hydrogen-bond acceptors (Lipinski definition) is 6. The monoisotopic (exact) mass is 378 g/mol. The summed E-state index contributed by atoms with van der Waals surface area (Å²) >= 11 is 1.52. The summed E-state index contributed by atoms with van der Waals surface area (Å²) in [5.41, 5.74) is 0.169. The molecule has 2 saturated heterocycles. The van der Waals surface area contributed by atoms with Crippen molar-refractivity contribution in [2.24, 2.45) is 16.3 Å². The molecule has 2 aliphatic heterocycles. The van der Waals surface area contributed by atoms with Crippen LogP contribution in [0, 0.1) is 11.3 Å². The molecule has 1 N–H and O–H groups in total. The maximum atomic E-state index is 5.92. The van der Waals surface area contributed by atoms with Gasteiger partial charge in [0, 0.05) is 75.2 Å².